The molecule has 3 rings (SSSR count). The summed E-state index contributed by atoms with van der Waals surface area (Å²) in [4.78, 5) is 10.9. The summed E-state index contributed by atoms with van der Waals surface area (Å²) in [5.41, 5.74) is 7.09. The second-order valence-electron chi connectivity index (χ2n) is 5.77. The van der Waals surface area contributed by atoms with Gasteiger partial charge in [0.2, 0.25) is 0 Å². The van der Waals surface area contributed by atoms with Crippen molar-refractivity contribution in [2.45, 2.75) is 32.4 Å². The summed E-state index contributed by atoms with van der Waals surface area (Å²) >= 11 is 1.76. The lowest BCUT2D eigenvalue weighted by atomic mass is 10.2. The Morgan fingerprint density at radius 3 is 2.75 bits per heavy atom. The van der Waals surface area contributed by atoms with Crippen LogP contribution in [0.3, 0.4) is 0 Å². The lowest BCUT2D eigenvalue weighted by Gasteiger charge is -2.32. The van der Waals surface area contributed by atoms with Gasteiger partial charge in [0.15, 0.2) is 5.13 Å². The first-order valence-electron chi connectivity index (χ1n) is 7.45. The normalized spacial score (nSPS) is 26.1. The van der Waals surface area contributed by atoms with Gasteiger partial charge in [-0.05, 0) is 20.3 Å². The molecule has 3 heterocycles. The molecule has 1 aromatic heterocycles. The van der Waals surface area contributed by atoms with E-state index in [0.717, 1.165) is 50.2 Å². The summed E-state index contributed by atoms with van der Waals surface area (Å²) in [5, 5.41) is 1.14. The molecule has 5 nitrogen and oxygen atoms in total. The van der Waals surface area contributed by atoms with Gasteiger partial charge in [0.05, 0.1) is 18.9 Å². The molecule has 6 heteroatoms. The Morgan fingerprint density at radius 1 is 1.35 bits per heavy atom. The fourth-order valence-electron chi connectivity index (χ4n) is 3.11. The lowest BCUT2D eigenvalue weighted by Crippen LogP contribution is -2.44. The maximum absolute atomic E-state index is 6.00. The van der Waals surface area contributed by atoms with E-state index in [0.29, 0.717) is 6.04 Å². The number of aromatic nitrogens is 1. The third kappa shape index (κ3) is 2.83. The number of nitrogens with zero attached hydrogens (tertiary/aromatic N) is 3. The van der Waals surface area contributed by atoms with Gasteiger partial charge in [0.1, 0.15) is 0 Å². The smallest absolute Gasteiger partial charge is 0.185 e. The van der Waals surface area contributed by atoms with Gasteiger partial charge in [-0.25, -0.2) is 4.98 Å². The Labute approximate surface area is 124 Å². The summed E-state index contributed by atoms with van der Waals surface area (Å²) in [6.45, 7) is 10.2. The van der Waals surface area contributed by atoms with Crippen LogP contribution in [0.5, 0.6) is 0 Å². The molecule has 112 valence electrons. The molecule has 0 radical (unpaired) electrons. The van der Waals surface area contributed by atoms with Crippen molar-refractivity contribution in [3.8, 4) is 0 Å². The predicted octanol–water partition coefficient (Wildman–Crippen LogP) is 1.38. The molecule has 2 N–H and O–H groups in total. The number of hydrogen-bond acceptors (Lipinski definition) is 6. The zero-order valence-corrected chi connectivity index (χ0v) is 13.2. The van der Waals surface area contributed by atoms with Crippen molar-refractivity contribution in [1.82, 2.24) is 9.88 Å². The molecule has 0 aromatic carbocycles. The van der Waals surface area contributed by atoms with E-state index >= 15 is 0 Å². The van der Waals surface area contributed by atoms with Gasteiger partial charge in [-0.15, -0.1) is 11.3 Å². The van der Waals surface area contributed by atoms with Crippen LogP contribution in [0.25, 0.3) is 0 Å². The Balaban J connectivity index is 1.66. The van der Waals surface area contributed by atoms with Crippen LogP contribution in [0.2, 0.25) is 0 Å². The molecule has 1 aromatic rings. The van der Waals surface area contributed by atoms with Gasteiger partial charge in [0, 0.05) is 43.1 Å². The minimum absolute atomic E-state index is 0.0823. The Bertz CT molecular complexity index is 456. The van der Waals surface area contributed by atoms with Crippen LogP contribution in [0, 0.1) is 6.92 Å². The number of hydrogen-bond donors (Lipinski definition) is 1. The first kappa shape index (κ1) is 14.3. The second kappa shape index (κ2) is 5.97. The van der Waals surface area contributed by atoms with E-state index in [9.17, 15) is 0 Å². The predicted molar refractivity (Wildman–Crippen MR) is 82.5 cm³/mol. The van der Waals surface area contributed by atoms with Crippen LogP contribution in [-0.2, 0) is 4.74 Å². The maximum atomic E-state index is 6.00. The Kier molecular flexibility index (Phi) is 4.26. The number of aryl methyl sites for hydroxylation is 1. The van der Waals surface area contributed by atoms with Crippen molar-refractivity contribution < 1.29 is 4.74 Å². The highest BCUT2D eigenvalue weighted by Gasteiger charge is 2.30. The van der Waals surface area contributed by atoms with Crippen LogP contribution in [0.4, 0.5) is 5.13 Å². The third-order valence-electron chi connectivity index (χ3n) is 4.23. The zero-order valence-electron chi connectivity index (χ0n) is 12.3. The largest absolute Gasteiger partial charge is 0.379 e. The van der Waals surface area contributed by atoms with Gasteiger partial charge in [-0.1, -0.05) is 0 Å². The fourth-order valence-corrected chi connectivity index (χ4v) is 4.16. The number of thiazole rings is 1. The first-order valence-corrected chi connectivity index (χ1v) is 8.26. The van der Waals surface area contributed by atoms with E-state index in [-0.39, 0.29) is 6.04 Å². The standard InChI is InChI=1S/C14H24N4OS/c1-10(15)13-11(2)16-14(20-13)18-4-3-12(9-18)17-5-7-19-8-6-17/h10,12H,3-9,15H2,1-2H3. The lowest BCUT2D eigenvalue weighted by molar-refractivity contribution is 0.0209. The number of morpholine rings is 1. The number of ether oxygens (including phenoxy) is 1. The SMILES string of the molecule is Cc1nc(N2CCC(N3CCOCC3)C2)sc1C(C)N. The Morgan fingerprint density at radius 2 is 2.10 bits per heavy atom. The molecule has 2 unspecified atom stereocenters. The molecule has 20 heavy (non-hydrogen) atoms. The van der Waals surface area contributed by atoms with Gasteiger partial charge in [0.25, 0.3) is 0 Å². The topological polar surface area (TPSA) is 54.6 Å². The number of anilines is 1. The van der Waals surface area contributed by atoms with Gasteiger partial charge in [-0.3, -0.25) is 4.90 Å². The third-order valence-corrected chi connectivity index (χ3v) is 5.65. The summed E-state index contributed by atoms with van der Waals surface area (Å²) in [7, 11) is 0. The van der Waals surface area contributed by atoms with Crippen LogP contribution >= 0.6 is 11.3 Å². The van der Waals surface area contributed by atoms with Gasteiger partial charge >= 0.3 is 0 Å². The summed E-state index contributed by atoms with van der Waals surface area (Å²) in [6.07, 6.45) is 1.23. The van der Waals surface area contributed by atoms with E-state index in [1.807, 2.05) is 6.92 Å². The van der Waals surface area contributed by atoms with E-state index in [1.165, 1.54) is 11.3 Å². The minimum atomic E-state index is 0.0823. The van der Waals surface area contributed by atoms with Crippen molar-refractivity contribution in [2.75, 3.05) is 44.3 Å². The van der Waals surface area contributed by atoms with Crippen molar-refractivity contribution in [3.63, 3.8) is 0 Å². The molecule has 2 fully saturated rings. The quantitative estimate of drug-likeness (QED) is 0.913. The maximum Gasteiger partial charge on any atom is 0.185 e. The highest BCUT2D eigenvalue weighted by atomic mass is 32.1. The van der Waals surface area contributed by atoms with Crippen LogP contribution in [0.15, 0.2) is 0 Å². The van der Waals surface area contributed by atoms with Gasteiger partial charge in [-0.2, -0.15) is 0 Å². The molecule has 0 aliphatic carbocycles. The molecule has 2 aliphatic heterocycles. The molecule has 0 bridgehead atoms. The van der Waals surface area contributed by atoms with Crippen molar-refractivity contribution in [3.05, 3.63) is 10.6 Å². The molecule has 0 amide bonds. The zero-order chi connectivity index (χ0) is 14.1. The number of nitrogens with two attached hydrogens (primary N) is 1. The highest BCUT2D eigenvalue weighted by molar-refractivity contribution is 7.15. The summed E-state index contributed by atoms with van der Waals surface area (Å²) in [6, 6.07) is 0.737. The van der Waals surface area contributed by atoms with E-state index < -0.39 is 0 Å². The van der Waals surface area contributed by atoms with E-state index in [1.54, 1.807) is 11.3 Å². The Hall–Kier alpha value is -0.690. The molecule has 2 aliphatic rings. The average molecular weight is 296 g/mol. The highest BCUT2D eigenvalue weighted by Crippen LogP contribution is 2.32. The van der Waals surface area contributed by atoms with Gasteiger partial charge < -0.3 is 15.4 Å². The molecule has 2 saturated heterocycles. The molecule has 0 saturated carbocycles. The van der Waals surface area contributed by atoms with Crippen molar-refractivity contribution in [2.24, 2.45) is 5.73 Å². The molecule has 0 spiro atoms. The molecule has 2 atom stereocenters. The van der Waals surface area contributed by atoms with Crippen LogP contribution < -0.4 is 10.6 Å². The fraction of sp³-hybridized carbons (Fsp3) is 0.786. The minimum Gasteiger partial charge on any atom is -0.379 e. The first-order chi connectivity index (χ1) is 9.65. The van der Waals surface area contributed by atoms with Crippen molar-refractivity contribution >= 4 is 16.5 Å². The van der Waals surface area contributed by atoms with E-state index in [4.69, 9.17) is 15.5 Å². The number of rotatable bonds is 3. The molecular formula is C14H24N4OS. The van der Waals surface area contributed by atoms with E-state index in [2.05, 4.69) is 16.7 Å². The van der Waals surface area contributed by atoms with Crippen LogP contribution in [-0.4, -0.2) is 55.3 Å². The monoisotopic (exact) mass is 296 g/mol. The van der Waals surface area contributed by atoms with Crippen molar-refractivity contribution in [1.29, 1.82) is 0 Å². The second-order valence-corrected chi connectivity index (χ2v) is 6.78. The molecular weight excluding hydrogens is 272 g/mol. The summed E-state index contributed by atoms with van der Waals surface area (Å²) in [5.74, 6) is 0. The average Bonchev–Trinajstić information content (AvgIpc) is 3.06. The summed E-state index contributed by atoms with van der Waals surface area (Å²) < 4.78 is 5.44. The van der Waals surface area contributed by atoms with Crippen LogP contribution in [0.1, 0.15) is 30.0 Å².